The van der Waals surface area contributed by atoms with E-state index in [9.17, 15) is 4.79 Å². The molecule has 174 valence electrons. The highest BCUT2D eigenvalue weighted by molar-refractivity contribution is 7.12. The lowest BCUT2D eigenvalue weighted by atomic mass is 9.99. The Hall–Kier alpha value is -2.09. The molecule has 7 heteroatoms. The first-order chi connectivity index (χ1) is 15.7. The standard InChI is InChI=1S/C25H34N2O4S/c1-19-9-16-32-24(19)25(28)27-10-4-3-5-21(27)8-13-31-23-17-20(6-7-22(23)29-2)18-26-11-14-30-15-12-26/h6-7,9,16-17,21H,3-5,8,10-15,18H2,1-2H3. The van der Waals surface area contributed by atoms with Gasteiger partial charge in [0, 0.05) is 38.6 Å². The minimum atomic E-state index is 0.173. The largest absolute Gasteiger partial charge is 0.493 e. The molecule has 1 amide bonds. The van der Waals surface area contributed by atoms with E-state index >= 15 is 0 Å². The maximum Gasteiger partial charge on any atom is 0.264 e. The highest BCUT2D eigenvalue weighted by Gasteiger charge is 2.28. The van der Waals surface area contributed by atoms with Crippen molar-refractivity contribution < 1.29 is 19.0 Å². The highest BCUT2D eigenvalue weighted by Crippen LogP contribution is 2.30. The van der Waals surface area contributed by atoms with Gasteiger partial charge in [0.1, 0.15) is 0 Å². The molecule has 1 unspecified atom stereocenters. The van der Waals surface area contributed by atoms with Crippen LogP contribution in [0, 0.1) is 6.92 Å². The average molecular weight is 459 g/mol. The molecule has 6 nitrogen and oxygen atoms in total. The van der Waals surface area contributed by atoms with Gasteiger partial charge in [-0.15, -0.1) is 11.3 Å². The second-order valence-electron chi connectivity index (χ2n) is 8.59. The fraction of sp³-hybridized carbons (Fsp3) is 0.560. The number of thiophene rings is 1. The van der Waals surface area contributed by atoms with E-state index in [4.69, 9.17) is 14.2 Å². The molecular formula is C25H34N2O4S. The van der Waals surface area contributed by atoms with Crippen LogP contribution in [0.25, 0.3) is 0 Å². The van der Waals surface area contributed by atoms with Gasteiger partial charge in [0.25, 0.3) is 5.91 Å². The van der Waals surface area contributed by atoms with Crippen molar-refractivity contribution in [2.24, 2.45) is 0 Å². The summed E-state index contributed by atoms with van der Waals surface area (Å²) in [6.45, 7) is 7.79. The molecule has 32 heavy (non-hydrogen) atoms. The van der Waals surface area contributed by atoms with E-state index in [0.29, 0.717) is 6.61 Å². The van der Waals surface area contributed by atoms with Gasteiger partial charge in [0.05, 0.1) is 31.8 Å². The van der Waals surface area contributed by atoms with Gasteiger partial charge in [0.15, 0.2) is 11.5 Å². The summed E-state index contributed by atoms with van der Waals surface area (Å²) in [5, 5.41) is 2.00. The number of rotatable bonds is 8. The molecule has 0 N–H and O–H groups in total. The number of carbonyl (C=O) groups excluding carboxylic acids is 1. The van der Waals surface area contributed by atoms with E-state index < -0.39 is 0 Å². The van der Waals surface area contributed by atoms with Crippen LogP contribution in [0.3, 0.4) is 0 Å². The van der Waals surface area contributed by atoms with E-state index in [0.717, 1.165) is 87.0 Å². The molecular weight excluding hydrogens is 424 g/mol. The van der Waals surface area contributed by atoms with Crippen LogP contribution in [0.5, 0.6) is 11.5 Å². The number of piperidine rings is 1. The van der Waals surface area contributed by atoms with Crippen molar-refractivity contribution in [1.29, 1.82) is 0 Å². The number of benzene rings is 1. The van der Waals surface area contributed by atoms with Crippen LogP contribution in [0.15, 0.2) is 29.6 Å². The first kappa shape index (κ1) is 23.1. The van der Waals surface area contributed by atoms with Gasteiger partial charge < -0.3 is 19.1 Å². The van der Waals surface area contributed by atoms with Gasteiger partial charge in [-0.3, -0.25) is 9.69 Å². The lowest BCUT2D eigenvalue weighted by molar-refractivity contribution is 0.0341. The lowest BCUT2D eigenvalue weighted by Crippen LogP contribution is -2.44. The summed E-state index contributed by atoms with van der Waals surface area (Å²) >= 11 is 1.54. The molecule has 0 spiro atoms. The fourth-order valence-corrected chi connectivity index (χ4v) is 5.43. The zero-order valence-corrected chi connectivity index (χ0v) is 20.0. The molecule has 1 aromatic heterocycles. The first-order valence-electron chi connectivity index (χ1n) is 11.6. The molecule has 4 rings (SSSR count). The first-order valence-corrected chi connectivity index (χ1v) is 12.5. The average Bonchev–Trinajstić information content (AvgIpc) is 3.26. The summed E-state index contributed by atoms with van der Waals surface area (Å²) in [6.07, 6.45) is 4.10. The minimum Gasteiger partial charge on any atom is -0.493 e. The van der Waals surface area contributed by atoms with Crippen molar-refractivity contribution in [3.05, 3.63) is 45.6 Å². The minimum absolute atomic E-state index is 0.173. The lowest BCUT2D eigenvalue weighted by Gasteiger charge is -2.35. The van der Waals surface area contributed by atoms with Gasteiger partial charge in [-0.25, -0.2) is 0 Å². The van der Waals surface area contributed by atoms with Crippen LogP contribution in [0.1, 0.15) is 46.5 Å². The number of morpholine rings is 1. The number of hydrogen-bond donors (Lipinski definition) is 0. The van der Waals surface area contributed by atoms with Crippen LogP contribution >= 0.6 is 11.3 Å². The maximum absolute atomic E-state index is 13.1. The van der Waals surface area contributed by atoms with Crippen molar-refractivity contribution in [2.75, 3.05) is 46.6 Å². The molecule has 0 bridgehead atoms. The van der Waals surface area contributed by atoms with Crippen LogP contribution < -0.4 is 9.47 Å². The molecule has 2 saturated heterocycles. The predicted molar refractivity (Wildman–Crippen MR) is 127 cm³/mol. The number of carbonyl (C=O) groups is 1. The van der Waals surface area contributed by atoms with Gasteiger partial charge >= 0.3 is 0 Å². The smallest absolute Gasteiger partial charge is 0.264 e. The normalized spacial score (nSPS) is 19.7. The molecule has 1 aromatic carbocycles. The van der Waals surface area contributed by atoms with Crippen LogP contribution in [0.2, 0.25) is 0 Å². The molecule has 0 radical (unpaired) electrons. The number of likely N-dealkylation sites (tertiary alicyclic amines) is 1. The Morgan fingerprint density at radius 2 is 2.00 bits per heavy atom. The number of ether oxygens (including phenoxy) is 3. The van der Waals surface area contributed by atoms with E-state index in [1.165, 1.54) is 5.56 Å². The molecule has 0 saturated carbocycles. The van der Waals surface area contributed by atoms with Crippen molar-refractivity contribution in [3.63, 3.8) is 0 Å². The second-order valence-corrected chi connectivity index (χ2v) is 9.51. The number of hydrogen-bond acceptors (Lipinski definition) is 6. The summed E-state index contributed by atoms with van der Waals surface area (Å²) in [6, 6.07) is 8.43. The van der Waals surface area contributed by atoms with Crippen molar-refractivity contribution in [1.82, 2.24) is 9.80 Å². The predicted octanol–water partition coefficient (Wildman–Crippen LogP) is 4.36. The Morgan fingerprint density at radius 3 is 2.75 bits per heavy atom. The molecule has 3 heterocycles. The highest BCUT2D eigenvalue weighted by atomic mass is 32.1. The molecule has 2 aromatic rings. The summed E-state index contributed by atoms with van der Waals surface area (Å²) in [5.41, 5.74) is 2.28. The molecule has 0 aliphatic carbocycles. The zero-order chi connectivity index (χ0) is 22.3. The summed E-state index contributed by atoms with van der Waals surface area (Å²) in [7, 11) is 1.68. The molecule has 1 atom stereocenters. The van der Waals surface area contributed by atoms with Crippen molar-refractivity contribution >= 4 is 17.2 Å². The summed E-state index contributed by atoms with van der Waals surface area (Å²) in [5.74, 6) is 1.70. The van der Waals surface area contributed by atoms with Gasteiger partial charge in [-0.1, -0.05) is 6.07 Å². The number of aryl methyl sites for hydroxylation is 1. The Labute approximate surface area is 195 Å². The molecule has 2 aliphatic rings. The maximum atomic E-state index is 13.1. The number of nitrogens with zero attached hydrogens (tertiary/aromatic N) is 2. The topological polar surface area (TPSA) is 51.2 Å². The Balaban J connectivity index is 1.37. The van der Waals surface area contributed by atoms with Crippen molar-refractivity contribution in [3.8, 4) is 11.5 Å². The third kappa shape index (κ3) is 5.63. The van der Waals surface area contributed by atoms with Crippen LogP contribution in [0.4, 0.5) is 0 Å². The summed E-state index contributed by atoms with van der Waals surface area (Å²) < 4.78 is 17.2. The Bertz CT molecular complexity index is 894. The van der Waals surface area contributed by atoms with Crippen molar-refractivity contribution in [2.45, 2.75) is 45.2 Å². The Morgan fingerprint density at radius 1 is 1.16 bits per heavy atom. The van der Waals surface area contributed by atoms with Crippen LogP contribution in [-0.4, -0.2) is 68.3 Å². The fourth-order valence-electron chi connectivity index (χ4n) is 4.54. The number of methoxy groups -OCH3 is 1. The van der Waals surface area contributed by atoms with Gasteiger partial charge in [-0.2, -0.15) is 0 Å². The monoisotopic (exact) mass is 458 g/mol. The van der Waals surface area contributed by atoms with E-state index in [2.05, 4.69) is 21.9 Å². The van der Waals surface area contributed by atoms with Crippen LogP contribution in [-0.2, 0) is 11.3 Å². The van der Waals surface area contributed by atoms with E-state index in [-0.39, 0.29) is 11.9 Å². The van der Waals surface area contributed by atoms with E-state index in [1.54, 1.807) is 18.4 Å². The van der Waals surface area contributed by atoms with Gasteiger partial charge in [-0.05, 0) is 60.9 Å². The molecule has 2 aliphatic heterocycles. The Kier molecular flexibility index (Phi) is 8.05. The third-order valence-electron chi connectivity index (χ3n) is 6.39. The quantitative estimate of drug-likeness (QED) is 0.588. The number of amides is 1. The SMILES string of the molecule is COc1ccc(CN2CCOCC2)cc1OCCC1CCCCN1C(=O)c1sccc1C. The molecule has 2 fully saturated rings. The van der Waals surface area contributed by atoms with E-state index in [1.807, 2.05) is 24.4 Å². The summed E-state index contributed by atoms with van der Waals surface area (Å²) in [4.78, 5) is 18.5. The third-order valence-corrected chi connectivity index (χ3v) is 7.40. The zero-order valence-electron chi connectivity index (χ0n) is 19.2. The van der Waals surface area contributed by atoms with Gasteiger partial charge in [0.2, 0.25) is 0 Å². The second kappa shape index (κ2) is 11.2.